The molecule has 0 radical (unpaired) electrons. The average Bonchev–Trinajstić information content (AvgIpc) is 2.35. The Morgan fingerprint density at radius 2 is 2.44 bits per heavy atom. The van der Waals surface area contributed by atoms with Gasteiger partial charge in [0.05, 0.1) is 12.1 Å². The monoisotopic (exact) mass is 218 g/mol. The van der Waals surface area contributed by atoms with E-state index in [-0.39, 0.29) is 12.5 Å². The van der Waals surface area contributed by atoms with Gasteiger partial charge in [0.2, 0.25) is 5.91 Å². The summed E-state index contributed by atoms with van der Waals surface area (Å²) >= 11 is 0. The summed E-state index contributed by atoms with van der Waals surface area (Å²) in [6.07, 6.45) is 1.58. The summed E-state index contributed by atoms with van der Waals surface area (Å²) in [5.74, 6) is 0.417. The summed E-state index contributed by atoms with van der Waals surface area (Å²) in [6.45, 7) is 2.71. The predicted molar refractivity (Wildman–Crippen MR) is 60.8 cm³/mol. The number of hydrogen-bond acceptors (Lipinski definition) is 4. The van der Waals surface area contributed by atoms with Crippen molar-refractivity contribution in [3.8, 4) is 6.07 Å². The van der Waals surface area contributed by atoms with Gasteiger partial charge in [0, 0.05) is 19.8 Å². The van der Waals surface area contributed by atoms with Crippen molar-refractivity contribution in [1.29, 1.82) is 5.26 Å². The van der Waals surface area contributed by atoms with E-state index < -0.39 is 0 Å². The molecule has 0 aliphatic rings. The van der Waals surface area contributed by atoms with Gasteiger partial charge in [0.1, 0.15) is 11.9 Å². The molecule has 0 aliphatic heterocycles. The van der Waals surface area contributed by atoms with Gasteiger partial charge in [-0.3, -0.25) is 4.79 Å². The van der Waals surface area contributed by atoms with E-state index in [0.29, 0.717) is 17.9 Å². The van der Waals surface area contributed by atoms with Crippen LogP contribution in [0.3, 0.4) is 0 Å². The van der Waals surface area contributed by atoms with Crippen LogP contribution >= 0.6 is 0 Å². The van der Waals surface area contributed by atoms with Gasteiger partial charge in [-0.2, -0.15) is 5.26 Å². The van der Waals surface area contributed by atoms with Crippen molar-refractivity contribution in [3.63, 3.8) is 0 Å². The van der Waals surface area contributed by atoms with Crippen molar-refractivity contribution in [3.05, 3.63) is 23.9 Å². The Balaban J connectivity index is 2.62. The number of likely N-dealkylation sites (N-methyl/N-ethyl adjacent to an activating group) is 1. The lowest BCUT2D eigenvalue weighted by molar-refractivity contribution is -0.127. The van der Waals surface area contributed by atoms with Crippen LogP contribution < -0.4 is 5.32 Å². The molecule has 1 aromatic heterocycles. The molecule has 1 rings (SSSR count). The number of amides is 1. The quantitative estimate of drug-likeness (QED) is 0.813. The van der Waals surface area contributed by atoms with E-state index in [4.69, 9.17) is 5.26 Å². The fourth-order valence-corrected chi connectivity index (χ4v) is 1.11. The van der Waals surface area contributed by atoms with E-state index in [1.165, 1.54) is 0 Å². The van der Waals surface area contributed by atoms with E-state index in [9.17, 15) is 4.79 Å². The molecule has 0 unspecified atom stereocenters. The minimum atomic E-state index is -0.0305. The van der Waals surface area contributed by atoms with Gasteiger partial charge in [0.15, 0.2) is 0 Å². The third-order valence-electron chi connectivity index (χ3n) is 2.24. The molecule has 0 aliphatic carbocycles. The number of rotatable bonds is 4. The standard InChI is InChI=1S/C11H14N4O/c1-3-15(2)10(16)8-14-11-9(7-12)5-4-6-13-11/h4-6H,3,8H2,1-2H3,(H,13,14). The Bertz CT molecular complexity index is 411. The van der Waals surface area contributed by atoms with Gasteiger partial charge >= 0.3 is 0 Å². The zero-order valence-electron chi connectivity index (χ0n) is 9.40. The highest BCUT2D eigenvalue weighted by Crippen LogP contribution is 2.08. The van der Waals surface area contributed by atoms with Crippen LogP contribution in [0.5, 0.6) is 0 Å². The first kappa shape index (κ1) is 12.0. The second-order valence-electron chi connectivity index (χ2n) is 3.27. The molecule has 1 N–H and O–H groups in total. The Kier molecular flexibility index (Phi) is 4.28. The van der Waals surface area contributed by atoms with Gasteiger partial charge in [-0.05, 0) is 19.1 Å². The summed E-state index contributed by atoms with van der Waals surface area (Å²) in [7, 11) is 1.73. The van der Waals surface area contributed by atoms with E-state index >= 15 is 0 Å². The van der Waals surface area contributed by atoms with Crippen molar-refractivity contribution in [2.45, 2.75) is 6.92 Å². The normalized spacial score (nSPS) is 9.31. The topological polar surface area (TPSA) is 69.0 Å². The Morgan fingerprint density at radius 3 is 3.06 bits per heavy atom. The highest BCUT2D eigenvalue weighted by atomic mass is 16.2. The summed E-state index contributed by atoms with van der Waals surface area (Å²) in [5.41, 5.74) is 0.439. The molecular weight excluding hydrogens is 204 g/mol. The number of nitrogens with one attached hydrogen (secondary N) is 1. The zero-order valence-corrected chi connectivity index (χ0v) is 9.40. The van der Waals surface area contributed by atoms with Crippen molar-refractivity contribution in [1.82, 2.24) is 9.88 Å². The summed E-state index contributed by atoms with van der Waals surface area (Å²) in [6, 6.07) is 5.35. The SMILES string of the molecule is CCN(C)C(=O)CNc1ncccc1C#N. The molecular formula is C11H14N4O. The molecule has 5 heteroatoms. The van der Waals surface area contributed by atoms with Crippen LogP contribution in [0.2, 0.25) is 0 Å². The van der Waals surface area contributed by atoms with E-state index in [1.54, 1.807) is 30.3 Å². The molecule has 16 heavy (non-hydrogen) atoms. The molecule has 0 aromatic carbocycles. The largest absolute Gasteiger partial charge is 0.360 e. The number of carbonyl (C=O) groups is 1. The highest BCUT2D eigenvalue weighted by Gasteiger charge is 2.08. The van der Waals surface area contributed by atoms with Crippen LogP contribution in [0.1, 0.15) is 12.5 Å². The van der Waals surface area contributed by atoms with E-state index in [1.807, 2.05) is 13.0 Å². The fraction of sp³-hybridized carbons (Fsp3) is 0.364. The Hall–Kier alpha value is -2.09. The first-order valence-electron chi connectivity index (χ1n) is 5.02. The third kappa shape index (κ3) is 2.95. The van der Waals surface area contributed by atoms with Gasteiger partial charge in [-0.1, -0.05) is 0 Å². The van der Waals surface area contributed by atoms with Gasteiger partial charge in [-0.15, -0.1) is 0 Å². The summed E-state index contributed by atoms with van der Waals surface area (Å²) in [4.78, 5) is 17.1. The molecule has 1 heterocycles. The lowest BCUT2D eigenvalue weighted by atomic mass is 10.3. The number of nitriles is 1. The molecule has 0 spiro atoms. The molecule has 1 amide bonds. The molecule has 0 saturated carbocycles. The molecule has 5 nitrogen and oxygen atoms in total. The highest BCUT2D eigenvalue weighted by molar-refractivity contribution is 5.80. The fourth-order valence-electron chi connectivity index (χ4n) is 1.11. The molecule has 1 aromatic rings. The smallest absolute Gasteiger partial charge is 0.241 e. The minimum Gasteiger partial charge on any atom is -0.360 e. The van der Waals surface area contributed by atoms with Crippen LogP contribution in [-0.2, 0) is 4.79 Å². The molecule has 0 atom stereocenters. The van der Waals surface area contributed by atoms with Gasteiger partial charge in [0.25, 0.3) is 0 Å². The lowest BCUT2D eigenvalue weighted by Gasteiger charge is -2.15. The molecule has 0 fully saturated rings. The lowest BCUT2D eigenvalue weighted by Crippen LogP contribution is -2.32. The number of carbonyl (C=O) groups excluding carboxylic acids is 1. The van der Waals surface area contributed by atoms with Crippen LogP contribution in [0.25, 0.3) is 0 Å². The second kappa shape index (κ2) is 5.71. The van der Waals surface area contributed by atoms with E-state index in [0.717, 1.165) is 0 Å². The maximum Gasteiger partial charge on any atom is 0.241 e. The minimum absolute atomic E-state index is 0.0305. The maximum atomic E-state index is 11.5. The number of nitrogens with zero attached hydrogens (tertiary/aromatic N) is 3. The molecule has 0 saturated heterocycles. The van der Waals surface area contributed by atoms with Crippen LogP contribution in [0, 0.1) is 11.3 Å². The number of hydrogen-bond donors (Lipinski definition) is 1. The zero-order chi connectivity index (χ0) is 12.0. The molecule has 0 bridgehead atoms. The number of aromatic nitrogens is 1. The van der Waals surface area contributed by atoms with Crippen molar-refractivity contribution in [2.24, 2.45) is 0 Å². The van der Waals surface area contributed by atoms with Crippen LogP contribution in [0.15, 0.2) is 18.3 Å². The van der Waals surface area contributed by atoms with Gasteiger partial charge in [-0.25, -0.2) is 4.98 Å². The van der Waals surface area contributed by atoms with Crippen molar-refractivity contribution < 1.29 is 4.79 Å². The van der Waals surface area contributed by atoms with E-state index in [2.05, 4.69) is 10.3 Å². The molecule has 84 valence electrons. The predicted octanol–water partition coefficient (Wildman–Crippen LogP) is 0.843. The summed E-state index contributed by atoms with van der Waals surface area (Å²) < 4.78 is 0. The van der Waals surface area contributed by atoms with Crippen LogP contribution in [-0.4, -0.2) is 35.9 Å². The average molecular weight is 218 g/mol. The number of anilines is 1. The van der Waals surface area contributed by atoms with Crippen molar-refractivity contribution in [2.75, 3.05) is 25.5 Å². The summed E-state index contributed by atoms with van der Waals surface area (Å²) in [5, 5.41) is 11.7. The Labute approximate surface area is 94.7 Å². The first-order valence-corrected chi connectivity index (χ1v) is 5.02. The second-order valence-corrected chi connectivity index (χ2v) is 3.27. The van der Waals surface area contributed by atoms with Gasteiger partial charge < -0.3 is 10.2 Å². The first-order chi connectivity index (χ1) is 7.69. The maximum absolute atomic E-state index is 11.5. The van der Waals surface area contributed by atoms with Crippen molar-refractivity contribution >= 4 is 11.7 Å². The number of pyridine rings is 1. The van der Waals surface area contributed by atoms with Crippen LogP contribution in [0.4, 0.5) is 5.82 Å². The Morgan fingerprint density at radius 1 is 1.69 bits per heavy atom. The third-order valence-corrected chi connectivity index (χ3v) is 2.24.